The summed E-state index contributed by atoms with van der Waals surface area (Å²) in [4.78, 5) is 0. The molecular weight excluding hydrogens is 218 g/mol. The molecule has 0 saturated carbocycles. The molecule has 0 radical (unpaired) electrons. The second-order valence-corrected chi connectivity index (χ2v) is 5.80. The summed E-state index contributed by atoms with van der Waals surface area (Å²) in [5.41, 5.74) is 4.40. The fourth-order valence-electron chi connectivity index (χ4n) is 2.52. The van der Waals surface area contributed by atoms with E-state index < -0.39 is 0 Å². The Morgan fingerprint density at radius 2 is 1.67 bits per heavy atom. The van der Waals surface area contributed by atoms with Crippen LogP contribution >= 0.6 is 0 Å². The number of benzene rings is 1. The highest BCUT2D eigenvalue weighted by Crippen LogP contribution is 2.18. The first-order valence-electron chi connectivity index (χ1n) is 7.33. The van der Waals surface area contributed by atoms with Crippen molar-refractivity contribution in [1.29, 1.82) is 0 Å². The van der Waals surface area contributed by atoms with E-state index in [0.717, 1.165) is 12.5 Å². The number of rotatable bonds is 7. The third kappa shape index (κ3) is 4.81. The Hall–Kier alpha value is -0.820. The lowest BCUT2D eigenvalue weighted by Gasteiger charge is -2.21. The summed E-state index contributed by atoms with van der Waals surface area (Å²) in [5, 5.41) is 3.64. The van der Waals surface area contributed by atoms with Crippen LogP contribution in [0.25, 0.3) is 0 Å². The zero-order valence-electron chi connectivity index (χ0n) is 12.7. The van der Waals surface area contributed by atoms with Crippen LogP contribution in [-0.2, 0) is 6.42 Å². The van der Waals surface area contributed by atoms with E-state index in [4.69, 9.17) is 0 Å². The maximum Gasteiger partial charge on any atom is 0.0108 e. The third-order valence-corrected chi connectivity index (χ3v) is 3.68. The molecule has 0 aliphatic carbocycles. The predicted octanol–water partition coefficient (Wildman–Crippen LogP) is 4.26. The molecule has 1 aromatic carbocycles. The van der Waals surface area contributed by atoms with E-state index in [1.54, 1.807) is 0 Å². The zero-order chi connectivity index (χ0) is 13.5. The van der Waals surface area contributed by atoms with Crippen molar-refractivity contribution in [2.75, 3.05) is 6.54 Å². The smallest absolute Gasteiger partial charge is 0.0108 e. The average molecular weight is 247 g/mol. The maximum atomic E-state index is 3.64. The van der Waals surface area contributed by atoms with Crippen LogP contribution in [0.2, 0.25) is 0 Å². The van der Waals surface area contributed by atoms with E-state index >= 15 is 0 Å². The minimum absolute atomic E-state index is 0.622. The minimum Gasteiger partial charge on any atom is -0.314 e. The Labute approximate surface area is 113 Å². The molecule has 1 aromatic rings. The van der Waals surface area contributed by atoms with E-state index in [0.29, 0.717) is 6.04 Å². The second-order valence-electron chi connectivity index (χ2n) is 5.80. The van der Waals surface area contributed by atoms with E-state index in [1.807, 2.05) is 0 Å². The molecule has 0 spiro atoms. The number of aryl methyl sites for hydroxylation is 2. The van der Waals surface area contributed by atoms with Crippen LogP contribution in [-0.4, -0.2) is 12.6 Å². The van der Waals surface area contributed by atoms with Gasteiger partial charge < -0.3 is 5.32 Å². The highest BCUT2D eigenvalue weighted by atomic mass is 14.9. The normalized spacial score (nSPS) is 13.0. The average Bonchev–Trinajstić information content (AvgIpc) is 2.30. The highest BCUT2D eigenvalue weighted by Gasteiger charge is 2.12. The molecule has 1 nitrogen and oxygen atoms in total. The van der Waals surface area contributed by atoms with Crippen LogP contribution in [0.3, 0.4) is 0 Å². The molecule has 0 saturated heterocycles. The lowest BCUT2D eigenvalue weighted by molar-refractivity contribution is 0.434. The summed E-state index contributed by atoms with van der Waals surface area (Å²) in [7, 11) is 0. The molecule has 0 bridgehead atoms. The number of hydrogen-bond donors (Lipinski definition) is 1. The summed E-state index contributed by atoms with van der Waals surface area (Å²) in [5.74, 6) is 0.795. The van der Waals surface area contributed by atoms with Crippen molar-refractivity contribution in [2.24, 2.45) is 5.92 Å². The van der Waals surface area contributed by atoms with Crippen LogP contribution in [0, 0.1) is 19.8 Å². The first-order chi connectivity index (χ1) is 8.54. The molecule has 1 rings (SSSR count). The number of likely N-dealkylation sites (N-methyl/N-ethyl adjacent to an activating group) is 1. The van der Waals surface area contributed by atoms with E-state index in [1.165, 1.54) is 36.0 Å². The van der Waals surface area contributed by atoms with Gasteiger partial charge in [-0.15, -0.1) is 0 Å². The Morgan fingerprint density at radius 1 is 1.06 bits per heavy atom. The molecule has 18 heavy (non-hydrogen) atoms. The first kappa shape index (κ1) is 15.2. The van der Waals surface area contributed by atoms with Crippen LogP contribution in [0.4, 0.5) is 0 Å². The molecule has 0 amide bonds. The summed E-state index contributed by atoms with van der Waals surface area (Å²) >= 11 is 0. The zero-order valence-corrected chi connectivity index (χ0v) is 12.7. The van der Waals surface area contributed by atoms with Crippen molar-refractivity contribution in [2.45, 2.75) is 59.9 Å². The monoisotopic (exact) mass is 247 g/mol. The summed E-state index contributed by atoms with van der Waals surface area (Å²) in [6.07, 6.45) is 3.75. The molecule has 0 aliphatic heterocycles. The van der Waals surface area contributed by atoms with Gasteiger partial charge in [-0.2, -0.15) is 0 Å². The molecule has 1 N–H and O–H groups in total. The second kappa shape index (κ2) is 7.58. The van der Waals surface area contributed by atoms with E-state index in [-0.39, 0.29) is 0 Å². The van der Waals surface area contributed by atoms with Gasteiger partial charge in [-0.25, -0.2) is 0 Å². The SMILES string of the molecule is CCNC(CCC(C)C)Cc1c(C)cccc1C. The fraction of sp³-hybridized carbons (Fsp3) is 0.647. The van der Waals surface area contributed by atoms with Gasteiger partial charge in [-0.3, -0.25) is 0 Å². The molecule has 1 unspecified atom stereocenters. The van der Waals surface area contributed by atoms with Gasteiger partial charge >= 0.3 is 0 Å². The van der Waals surface area contributed by atoms with Crippen LogP contribution in [0.5, 0.6) is 0 Å². The summed E-state index contributed by atoms with van der Waals surface area (Å²) in [6.45, 7) is 12.3. The van der Waals surface area contributed by atoms with Gasteiger partial charge in [0.05, 0.1) is 0 Å². The Bertz CT molecular complexity index is 334. The molecule has 0 aromatic heterocycles. The first-order valence-corrected chi connectivity index (χ1v) is 7.33. The molecular formula is C17H29N. The highest BCUT2D eigenvalue weighted by molar-refractivity contribution is 5.34. The molecule has 0 heterocycles. The van der Waals surface area contributed by atoms with Gasteiger partial charge in [-0.05, 0) is 62.3 Å². The van der Waals surface area contributed by atoms with Crippen LogP contribution in [0.15, 0.2) is 18.2 Å². The predicted molar refractivity (Wildman–Crippen MR) is 81.2 cm³/mol. The van der Waals surface area contributed by atoms with Gasteiger partial charge in [0.25, 0.3) is 0 Å². The Morgan fingerprint density at radius 3 is 2.17 bits per heavy atom. The topological polar surface area (TPSA) is 12.0 Å². The Balaban J connectivity index is 2.70. The number of hydrogen-bond acceptors (Lipinski definition) is 1. The van der Waals surface area contributed by atoms with Crippen LogP contribution in [0.1, 0.15) is 50.3 Å². The van der Waals surface area contributed by atoms with Crippen molar-refractivity contribution in [1.82, 2.24) is 5.32 Å². The molecule has 102 valence electrons. The van der Waals surface area contributed by atoms with Crippen LogP contribution < -0.4 is 5.32 Å². The lowest BCUT2D eigenvalue weighted by Crippen LogP contribution is -2.31. The van der Waals surface area contributed by atoms with Gasteiger partial charge in [0.15, 0.2) is 0 Å². The third-order valence-electron chi connectivity index (χ3n) is 3.68. The number of nitrogens with one attached hydrogen (secondary N) is 1. The fourth-order valence-corrected chi connectivity index (χ4v) is 2.52. The molecule has 0 fully saturated rings. The van der Waals surface area contributed by atoms with E-state index in [9.17, 15) is 0 Å². The van der Waals surface area contributed by atoms with Gasteiger partial charge in [0, 0.05) is 6.04 Å². The molecule has 1 atom stereocenters. The van der Waals surface area contributed by atoms with Crippen molar-refractivity contribution in [3.05, 3.63) is 34.9 Å². The van der Waals surface area contributed by atoms with Gasteiger partial charge in [0.1, 0.15) is 0 Å². The molecule has 1 heteroatoms. The molecule has 0 aliphatic rings. The quantitative estimate of drug-likeness (QED) is 0.759. The summed E-state index contributed by atoms with van der Waals surface area (Å²) < 4.78 is 0. The maximum absolute atomic E-state index is 3.64. The van der Waals surface area contributed by atoms with Crippen molar-refractivity contribution in [3.63, 3.8) is 0 Å². The van der Waals surface area contributed by atoms with Gasteiger partial charge in [-0.1, -0.05) is 39.0 Å². The Kier molecular flexibility index (Phi) is 6.42. The minimum atomic E-state index is 0.622. The largest absolute Gasteiger partial charge is 0.314 e. The lowest BCUT2D eigenvalue weighted by atomic mass is 9.93. The van der Waals surface area contributed by atoms with Crippen molar-refractivity contribution < 1.29 is 0 Å². The van der Waals surface area contributed by atoms with Crippen molar-refractivity contribution >= 4 is 0 Å². The van der Waals surface area contributed by atoms with E-state index in [2.05, 4.69) is 58.1 Å². The van der Waals surface area contributed by atoms with Crippen molar-refractivity contribution in [3.8, 4) is 0 Å². The standard InChI is InChI=1S/C17H29N/c1-6-18-16(11-10-13(2)3)12-17-14(4)8-7-9-15(17)5/h7-9,13,16,18H,6,10-12H2,1-5H3. The summed E-state index contributed by atoms with van der Waals surface area (Å²) in [6, 6.07) is 7.24. The van der Waals surface area contributed by atoms with Gasteiger partial charge in [0.2, 0.25) is 0 Å².